The van der Waals surface area contributed by atoms with E-state index in [4.69, 9.17) is 0 Å². The molecule has 0 saturated heterocycles. The minimum atomic E-state index is -2.90. The topological polar surface area (TPSA) is 66.0 Å². The van der Waals surface area contributed by atoms with Crippen LogP contribution in [0.1, 0.15) is 5.56 Å². The first-order chi connectivity index (χ1) is 14.5. The average molecular weight is 437 g/mol. The molecular formula is C21H26F2N4O2S. The van der Waals surface area contributed by atoms with E-state index in [0.29, 0.717) is 18.1 Å². The van der Waals surface area contributed by atoms with Crippen LogP contribution in [0.15, 0.2) is 64.5 Å². The Morgan fingerprint density at radius 3 is 2.50 bits per heavy atom. The first-order valence-corrected chi connectivity index (χ1v) is 10.4. The standard InChI is InChI=1S/C21H26F2N4O2S/c1-27(2)19(28)15-26-21(24-12-13-30-17-9-4-3-5-10-17)25-14-16-8-6-7-11-18(16)29-20(22)23/h3-11,20H,12-15H2,1-2H3,(H2,24,25,26). The van der Waals surface area contributed by atoms with Gasteiger partial charge in [-0.2, -0.15) is 8.78 Å². The highest BCUT2D eigenvalue weighted by Crippen LogP contribution is 2.21. The number of guanidine groups is 1. The molecule has 0 spiro atoms. The molecule has 0 atom stereocenters. The van der Waals surface area contributed by atoms with Crippen LogP contribution in [0.3, 0.4) is 0 Å². The van der Waals surface area contributed by atoms with Crippen molar-refractivity contribution in [3.63, 3.8) is 0 Å². The number of rotatable bonds is 10. The van der Waals surface area contributed by atoms with Crippen molar-refractivity contribution in [2.24, 2.45) is 4.99 Å². The Labute approximate surface area is 179 Å². The monoisotopic (exact) mass is 436 g/mol. The molecule has 0 heterocycles. The quantitative estimate of drug-likeness (QED) is 0.259. The molecule has 0 aliphatic carbocycles. The molecular weight excluding hydrogens is 410 g/mol. The maximum atomic E-state index is 12.6. The summed E-state index contributed by atoms with van der Waals surface area (Å²) in [6, 6.07) is 16.5. The van der Waals surface area contributed by atoms with Gasteiger partial charge in [-0.1, -0.05) is 36.4 Å². The van der Waals surface area contributed by atoms with Gasteiger partial charge in [0.05, 0.1) is 13.1 Å². The van der Waals surface area contributed by atoms with Gasteiger partial charge >= 0.3 is 6.61 Å². The maximum Gasteiger partial charge on any atom is 0.387 e. The highest BCUT2D eigenvalue weighted by atomic mass is 32.2. The SMILES string of the molecule is CN(C)C(=O)CNC(=NCc1ccccc1OC(F)F)NCCSc1ccccc1. The first-order valence-electron chi connectivity index (χ1n) is 9.38. The first kappa shape index (κ1) is 23.5. The molecule has 0 radical (unpaired) electrons. The molecule has 9 heteroatoms. The van der Waals surface area contributed by atoms with Crippen LogP contribution < -0.4 is 15.4 Å². The van der Waals surface area contributed by atoms with Crippen molar-refractivity contribution in [3.05, 3.63) is 60.2 Å². The molecule has 2 N–H and O–H groups in total. The molecule has 0 aromatic heterocycles. The molecule has 1 amide bonds. The second-order valence-corrected chi connectivity index (χ2v) is 7.55. The number of likely N-dealkylation sites (N-methyl/N-ethyl adjacent to an activating group) is 1. The molecule has 0 fully saturated rings. The largest absolute Gasteiger partial charge is 0.434 e. The summed E-state index contributed by atoms with van der Waals surface area (Å²) in [7, 11) is 3.34. The van der Waals surface area contributed by atoms with Gasteiger partial charge in [-0.05, 0) is 18.2 Å². The summed E-state index contributed by atoms with van der Waals surface area (Å²) in [5, 5.41) is 6.15. The van der Waals surface area contributed by atoms with Crippen LogP contribution in [0.5, 0.6) is 5.75 Å². The van der Waals surface area contributed by atoms with Crippen LogP contribution in [0.25, 0.3) is 0 Å². The van der Waals surface area contributed by atoms with Crippen molar-refractivity contribution in [2.75, 3.05) is 32.9 Å². The van der Waals surface area contributed by atoms with Crippen molar-refractivity contribution >= 4 is 23.6 Å². The smallest absolute Gasteiger partial charge is 0.387 e. The zero-order valence-corrected chi connectivity index (χ0v) is 17.8. The number of carbonyl (C=O) groups excluding carboxylic acids is 1. The lowest BCUT2D eigenvalue weighted by molar-refractivity contribution is -0.127. The molecule has 6 nitrogen and oxygen atoms in total. The summed E-state index contributed by atoms with van der Waals surface area (Å²) >= 11 is 1.69. The Kier molecular flexibility index (Phi) is 9.93. The predicted molar refractivity (Wildman–Crippen MR) is 116 cm³/mol. The summed E-state index contributed by atoms with van der Waals surface area (Å²) < 4.78 is 29.8. The number of nitrogens with one attached hydrogen (secondary N) is 2. The van der Waals surface area contributed by atoms with Crippen LogP contribution in [-0.2, 0) is 11.3 Å². The second-order valence-electron chi connectivity index (χ2n) is 6.38. The molecule has 0 aliphatic heterocycles. The van der Waals surface area contributed by atoms with Gasteiger partial charge in [-0.15, -0.1) is 11.8 Å². The van der Waals surface area contributed by atoms with Gasteiger partial charge in [0.2, 0.25) is 5.91 Å². The van der Waals surface area contributed by atoms with Crippen molar-refractivity contribution in [1.82, 2.24) is 15.5 Å². The maximum absolute atomic E-state index is 12.6. The van der Waals surface area contributed by atoms with Crippen LogP contribution in [0.2, 0.25) is 0 Å². The molecule has 30 heavy (non-hydrogen) atoms. The normalized spacial score (nSPS) is 11.3. The minimum absolute atomic E-state index is 0.0693. The number of halogens is 2. The van der Waals surface area contributed by atoms with Crippen molar-refractivity contribution in [3.8, 4) is 5.75 Å². The van der Waals surface area contributed by atoms with Gasteiger partial charge in [0.15, 0.2) is 5.96 Å². The third-order valence-electron chi connectivity index (χ3n) is 3.91. The van der Waals surface area contributed by atoms with E-state index in [0.717, 1.165) is 10.6 Å². The molecule has 2 aromatic rings. The van der Waals surface area contributed by atoms with Gasteiger partial charge in [0, 0.05) is 36.9 Å². The van der Waals surface area contributed by atoms with E-state index in [2.05, 4.69) is 20.4 Å². The predicted octanol–water partition coefficient (Wildman–Crippen LogP) is 3.20. The number of aliphatic imine (C=N–C) groups is 1. The number of ether oxygens (including phenoxy) is 1. The Morgan fingerprint density at radius 2 is 1.80 bits per heavy atom. The number of thioether (sulfide) groups is 1. The molecule has 162 valence electrons. The van der Waals surface area contributed by atoms with E-state index in [1.165, 1.54) is 11.0 Å². The highest BCUT2D eigenvalue weighted by Gasteiger charge is 2.10. The van der Waals surface area contributed by atoms with Gasteiger partial charge < -0.3 is 20.3 Å². The number of hydrogen-bond donors (Lipinski definition) is 2. The fraction of sp³-hybridized carbons (Fsp3) is 0.333. The fourth-order valence-electron chi connectivity index (χ4n) is 2.36. The second kappa shape index (κ2) is 12.7. The molecule has 0 saturated carbocycles. The fourth-order valence-corrected chi connectivity index (χ4v) is 3.15. The summed E-state index contributed by atoms with van der Waals surface area (Å²) in [5.41, 5.74) is 0.525. The van der Waals surface area contributed by atoms with E-state index >= 15 is 0 Å². The number of carbonyl (C=O) groups is 1. The highest BCUT2D eigenvalue weighted by molar-refractivity contribution is 7.99. The lowest BCUT2D eigenvalue weighted by Gasteiger charge is -2.15. The van der Waals surface area contributed by atoms with Crippen molar-refractivity contribution in [2.45, 2.75) is 18.1 Å². The molecule has 0 aliphatic rings. The Balaban J connectivity index is 1.98. The molecule has 0 unspecified atom stereocenters. The summed E-state index contributed by atoms with van der Waals surface area (Å²) in [5.74, 6) is 1.19. The Bertz CT molecular complexity index is 820. The molecule has 2 rings (SSSR count). The lowest BCUT2D eigenvalue weighted by Crippen LogP contribution is -2.43. The van der Waals surface area contributed by atoms with Crippen LogP contribution >= 0.6 is 11.8 Å². The van der Waals surface area contributed by atoms with Gasteiger partial charge in [-0.3, -0.25) is 4.79 Å². The number of alkyl halides is 2. The molecule has 0 bridgehead atoms. The Hall–Kier alpha value is -2.81. The van der Waals surface area contributed by atoms with E-state index < -0.39 is 6.61 Å². The zero-order valence-electron chi connectivity index (χ0n) is 17.0. The van der Waals surface area contributed by atoms with Crippen molar-refractivity contribution < 1.29 is 18.3 Å². The number of amides is 1. The van der Waals surface area contributed by atoms with E-state index in [1.807, 2.05) is 30.3 Å². The van der Waals surface area contributed by atoms with E-state index in [1.54, 1.807) is 44.1 Å². The Morgan fingerprint density at radius 1 is 1.10 bits per heavy atom. The van der Waals surface area contributed by atoms with Gasteiger partial charge in [-0.25, -0.2) is 4.99 Å². The molecule has 2 aromatic carbocycles. The van der Waals surface area contributed by atoms with Crippen LogP contribution in [0.4, 0.5) is 8.78 Å². The number of para-hydroxylation sites is 1. The summed E-state index contributed by atoms with van der Waals surface area (Å²) in [6.45, 7) is -2.10. The summed E-state index contributed by atoms with van der Waals surface area (Å²) in [4.78, 5) is 18.9. The van der Waals surface area contributed by atoms with Crippen LogP contribution in [-0.4, -0.2) is 56.3 Å². The summed E-state index contributed by atoms with van der Waals surface area (Å²) in [6.07, 6.45) is 0. The number of hydrogen-bond acceptors (Lipinski definition) is 4. The van der Waals surface area contributed by atoms with Crippen LogP contribution in [0, 0.1) is 0 Å². The average Bonchev–Trinajstić information content (AvgIpc) is 2.73. The minimum Gasteiger partial charge on any atom is -0.434 e. The number of nitrogens with zero attached hydrogens (tertiary/aromatic N) is 2. The number of benzene rings is 2. The third kappa shape index (κ3) is 8.69. The van der Waals surface area contributed by atoms with E-state index in [9.17, 15) is 13.6 Å². The van der Waals surface area contributed by atoms with Crippen molar-refractivity contribution in [1.29, 1.82) is 0 Å². The van der Waals surface area contributed by atoms with Gasteiger partial charge in [0.1, 0.15) is 5.75 Å². The lowest BCUT2D eigenvalue weighted by atomic mass is 10.2. The zero-order chi connectivity index (χ0) is 21.8. The van der Waals surface area contributed by atoms with Gasteiger partial charge in [0.25, 0.3) is 0 Å². The third-order valence-corrected chi connectivity index (χ3v) is 4.92. The van der Waals surface area contributed by atoms with E-state index in [-0.39, 0.29) is 24.7 Å².